The van der Waals surface area contributed by atoms with Gasteiger partial charge < -0.3 is 10.5 Å². The number of halogens is 1. The highest BCUT2D eigenvalue weighted by molar-refractivity contribution is 9.10. The van der Waals surface area contributed by atoms with Crippen molar-refractivity contribution in [1.82, 2.24) is 0 Å². The van der Waals surface area contributed by atoms with Crippen LogP contribution in [0.3, 0.4) is 0 Å². The number of carbonyl (C=O) groups is 1. The van der Waals surface area contributed by atoms with Crippen molar-refractivity contribution < 1.29 is 17.9 Å². The summed E-state index contributed by atoms with van der Waals surface area (Å²) in [5.41, 5.74) is 7.67. The molecular formula is C14H18BrNO4S. The zero-order valence-electron chi connectivity index (χ0n) is 11.8. The lowest BCUT2D eigenvalue weighted by molar-refractivity contribution is -0.119. The Bertz CT molecular complexity index is 657. The minimum atomic E-state index is -3.11. The van der Waals surface area contributed by atoms with Crippen LogP contribution >= 0.6 is 15.9 Å². The summed E-state index contributed by atoms with van der Waals surface area (Å²) in [7, 11) is -3.11. The first-order valence-electron chi connectivity index (χ1n) is 6.66. The van der Waals surface area contributed by atoms with Crippen LogP contribution in [0.1, 0.15) is 17.5 Å². The van der Waals surface area contributed by atoms with E-state index in [-0.39, 0.29) is 24.4 Å². The Labute approximate surface area is 132 Å². The summed E-state index contributed by atoms with van der Waals surface area (Å²) in [5.74, 6) is 0.517. The van der Waals surface area contributed by atoms with Gasteiger partial charge in [0.25, 0.3) is 0 Å². The van der Waals surface area contributed by atoms with Gasteiger partial charge in [0, 0.05) is 29.1 Å². The molecule has 0 saturated carbocycles. The molecule has 2 N–H and O–H groups in total. The van der Waals surface area contributed by atoms with Gasteiger partial charge in [0.05, 0.1) is 18.4 Å². The molecule has 0 saturated heterocycles. The van der Waals surface area contributed by atoms with Gasteiger partial charge in [-0.15, -0.1) is 0 Å². The van der Waals surface area contributed by atoms with Gasteiger partial charge in [-0.25, -0.2) is 8.42 Å². The van der Waals surface area contributed by atoms with Gasteiger partial charge in [0.15, 0.2) is 5.78 Å². The summed E-state index contributed by atoms with van der Waals surface area (Å²) < 4.78 is 28.7. The molecule has 0 radical (unpaired) electrons. The molecule has 0 fully saturated rings. The van der Waals surface area contributed by atoms with Crippen LogP contribution in [0.4, 0.5) is 0 Å². The quantitative estimate of drug-likeness (QED) is 0.808. The molecule has 1 heterocycles. The Morgan fingerprint density at radius 2 is 2.19 bits per heavy atom. The van der Waals surface area contributed by atoms with Crippen LogP contribution in [0, 0.1) is 0 Å². The van der Waals surface area contributed by atoms with Crippen molar-refractivity contribution >= 4 is 31.6 Å². The summed E-state index contributed by atoms with van der Waals surface area (Å²) in [5, 5.41) is 0. The number of ether oxygens (including phenoxy) is 1. The standard InChI is InChI=1S/C14H18BrNO4S/c1-21(18,19)5-3-12(16)13(17)8-10-7-11(15)6-9-2-4-20-14(9)10/h6-7,12H,2-5,8,16H2,1H3. The van der Waals surface area contributed by atoms with Crippen LogP contribution in [0.5, 0.6) is 5.75 Å². The summed E-state index contributed by atoms with van der Waals surface area (Å²) in [6.45, 7) is 0.618. The van der Waals surface area contributed by atoms with E-state index < -0.39 is 15.9 Å². The molecule has 1 aromatic carbocycles. The van der Waals surface area contributed by atoms with Crippen molar-refractivity contribution in [3.63, 3.8) is 0 Å². The fourth-order valence-corrected chi connectivity index (χ4v) is 3.53. The van der Waals surface area contributed by atoms with Crippen LogP contribution in [-0.2, 0) is 27.5 Å². The second-order valence-corrected chi connectivity index (χ2v) is 8.50. The van der Waals surface area contributed by atoms with Gasteiger partial charge in [-0.3, -0.25) is 4.79 Å². The topological polar surface area (TPSA) is 86.5 Å². The number of ketones is 1. The van der Waals surface area contributed by atoms with Crippen LogP contribution < -0.4 is 10.5 Å². The lowest BCUT2D eigenvalue weighted by Crippen LogP contribution is -2.33. The first-order chi connectivity index (χ1) is 9.76. The summed E-state index contributed by atoms with van der Waals surface area (Å²) in [6, 6.07) is 3.07. The highest BCUT2D eigenvalue weighted by atomic mass is 79.9. The van der Waals surface area contributed by atoms with Gasteiger partial charge >= 0.3 is 0 Å². The maximum absolute atomic E-state index is 12.1. The fraction of sp³-hybridized carbons (Fsp3) is 0.500. The molecule has 0 aliphatic carbocycles. The predicted molar refractivity (Wildman–Crippen MR) is 84.4 cm³/mol. The largest absolute Gasteiger partial charge is 0.493 e. The Kier molecular flexibility index (Phi) is 5.06. The lowest BCUT2D eigenvalue weighted by atomic mass is 10.00. The van der Waals surface area contributed by atoms with Crippen molar-refractivity contribution in [2.24, 2.45) is 5.73 Å². The molecule has 0 spiro atoms. The van der Waals surface area contributed by atoms with Crippen LogP contribution in [-0.4, -0.2) is 38.9 Å². The average Bonchev–Trinajstić information content (AvgIpc) is 2.82. The van der Waals surface area contributed by atoms with E-state index in [1.165, 1.54) is 0 Å². The molecule has 7 heteroatoms. The zero-order chi connectivity index (χ0) is 15.6. The second kappa shape index (κ2) is 6.46. The van der Waals surface area contributed by atoms with E-state index in [9.17, 15) is 13.2 Å². The van der Waals surface area contributed by atoms with Crippen molar-refractivity contribution in [3.8, 4) is 5.75 Å². The smallest absolute Gasteiger partial charge is 0.154 e. The van der Waals surface area contributed by atoms with Crippen molar-refractivity contribution in [2.75, 3.05) is 18.6 Å². The molecule has 0 bridgehead atoms. The number of hydrogen-bond acceptors (Lipinski definition) is 5. The molecule has 116 valence electrons. The van der Waals surface area contributed by atoms with E-state index in [0.717, 1.165) is 34.0 Å². The third-order valence-corrected chi connectivity index (χ3v) is 4.84. The Morgan fingerprint density at radius 1 is 1.48 bits per heavy atom. The van der Waals surface area contributed by atoms with Crippen molar-refractivity contribution in [2.45, 2.75) is 25.3 Å². The fourth-order valence-electron chi connectivity index (χ4n) is 2.30. The first-order valence-corrected chi connectivity index (χ1v) is 9.52. The maximum atomic E-state index is 12.1. The number of hydrogen-bond donors (Lipinski definition) is 1. The number of nitrogens with two attached hydrogens (primary N) is 1. The van der Waals surface area contributed by atoms with Crippen molar-refractivity contribution in [1.29, 1.82) is 0 Å². The summed E-state index contributed by atoms with van der Waals surface area (Å²) >= 11 is 3.42. The maximum Gasteiger partial charge on any atom is 0.154 e. The molecule has 5 nitrogen and oxygen atoms in total. The monoisotopic (exact) mass is 375 g/mol. The number of rotatable bonds is 6. The van der Waals surface area contributed by atoms with E-state index in [1.54, 1.807) is 0 Å². The van der Waals surface area contributed by atoms with Gasteiger partial charge in [-0.05, 0) is 24.1 Å². The molecule has 0 amide bonds. The van der Waals surface area contributed by atoms with Gasteiger partial charge in [0.1, 0.15) is 15.6 Å². The normalized spacial score (nSPS) is 15.4. The van der Waals surface area contributed by atoms with Gasteiger partial charge in [0.2, 0.25) is 0 Å². The third kappa shape index (κ3) is 4.52. The zero-order valence-corrected chi connectivity index (χ0v) is 14.2. The van der Waals surface area contributed by atoms with E-state index in [0.29, 0.717) is 6.61 Å². The van der Waals surface area contributed by atoms with E-state index in [2.05, 4.69) is 15.9 Å². The van der Waals surface area contributed by atoms with Crippen LogP contribution in [0.2, 0.25) is 0 Å². The number of fused-ring (bicyclic) bond motifs is 1. The van der Waals surface area contributed by atoms with Crippen LogP contribution in [0.15, 0.2) is 16.6 Å². The number of sulfone groups is 1. The molecule has 1 aromatic rings. The molecule has 0 aromatic heterocycles. The van der Waals surface area contributed by atoms with Gasteiger partial charge in [-0.1, -0.05) is 15.9 Å². The molecule has 1 atom stereocenters. The second-order valence-electron chi connectivity index (χ2n) is 5.32. The number of Topliss-reactive ketones (excluding diaryl/α,β-unsaturated/α-hetero) is 1. The highest BCUT2D eigenvalue weighted by Crippen LogP contribution is 2.33. The first kappa shape index (κ1) is 16.5. The molecule has 2 rings (SSSR count). The van der Waals surface area contributed by atoms with Crippen LogP contribution in [0.25, 0.3) is 0 Å². The number of benzene rings is 1. The highest BCUT2D eigenvalue weighted by Gasteiger charge is 2.22. The minimum Gasteiger partial charge on any atom is -0.493 e. The minimum absolute atomic E-state index is 0.0764. The molecular weight excluding hydrogens is 358 g/mol. The summed E-state index contributed by atoms with van der Waals surface area (Å²) in [6.07, 6.45) is 2.27. The van der Waals surface area contributed by atoms with E-state index >= 15 is 0 Å². The molecule has 21 heavy (non-hydrogen) atoms. The third-order valence-electron chi connectivity index (χ3n) is 3.40. The Morgan fingerprint density at radius 3 is 2.86 bits per heavy atom. The average molecular weight is 376 g/mol. The van der Waals surface area contributed by atoms with Gasteiger partial charge in [-0.2, -0.15) is 0 Å². The van der Waals surface area contributed by atoms with E-state index in [1.807, 2.05) is 12.1 Å². The molecule has 1 aliphatic rings. The lowest BCUT2D eigenvalue weighted by Gasteiger charge is -2.12. The predicted octanol–water partition coefficient (Wildman–Crippen LogP) is 1.26. The van der Waals surface area contributed by atoms with E-state index in [4.69, 9.17) is 10.5 Å². The number of carbonyl (C=O) groups excluding carboxylic acids is 1. The van der Waals surface area contributed by atoms with Crippen molar-refractivity contribution in [3.05, 3.63) is 27.7 Å². The Balaban J connectivity index is 2.06. The Hall–Kier alpha value is -0.920. The summed E-state index contributed by atoms with van der Waals surface area (Å²) in [4.78, 5) is 12.1. The SMILES string of the molecule is CS(=O)(=O)CCC(N)C(=O)Cc1cc(Br)cc2c1OCC2. The molecule has 1 unspecified atom stereocenters. The molecule has 1 aliphatic heterocycles.